The van der Waals surface area contributed by atoms with Gasteiger partial charge in [-0.1, -0.05) is 26.0 Å². The van der Waals surface area contributed by atoms with Crippen molar-refractivity contribution in [3.05, 3.63) is 53.6 Å². The van der Waals surface area contributed by atoms with Gasteiger partial charge in [0.25, 0.3) is 15.9 Å². The molecule has 0 fully saturated rings. The zero-order valence-electron chi connectivity index (χ0n) is 15.2. The molecule has 7 nitrogen and oxygen atoms in total. The van der Waals surface area contributed by atoms with Crippen molar-refractivity contribution in [2.45, 2.75) is 31.1 Å². The van der Waals surface area contributed by atoms with E-state index in [1.165, 1.54) is 24.3 Å². The first-order valence-corrected chi connectivity index (χ1v) is 10.2. The zero-order valence-corrected chi connectivity index (χ0v) is 16.0. The van der Waals surface area contributed by atoms with Crippen LogP contribution in [0.25, 0.3) is 0 Å². The van der Waals surface area contributed by atoms with Crippen LogP contribution in [0, 0.1) is 0 Å². The topological polar surface area (TPSA) is 93.7 Å². The Morgan fingerprint density at radius 2 is 1.74 bits per heavy atom. The van der Waals surface area contributed by atoms with E-state index >= 15 is 0 Å². The minimum absolute atomic E-state index is 0.0806. The van der Waals surface area contributed by atoms with Crippen molar-refractivity contribution in [1.29, 1.82) is 0 Å². The first-order valence-electron chi connectivity index (χ1n) is 8.72. The third-order valence-electron chi connectivity index (χ3n) is 4.48. The average Bonchev–Trinajstić information content (AvgIpc) is 2.71. The Kier molecular flexibility index (Phi) is 5.67. The Balaban J connectivity index is 1.67. The van der Waals surface area contributed by atoms with E-state index in [1.807, 2.05) is 0 Å². The van der Waals surface area contributed by atoms with Crippen LogP contribution in [0.4, 0.5) is 0 Å². The van der Waals surface area contributed by atoms with E-state index in [9.17, 15) is 13.2 Å². The summed E-state index contributed by atoms with van der Waals surface area (Å²) in [6, 6.07) is 11.3. The lowest BCUT2D eigenvalue weighted by atomic mass is 9.99. The number of amides is 1. The van der Waals surface area contributed by atoms with E-state index in [2.05, 4.69) is 24.1 Å². The van der Waals surface area contributed by atoms with Gasteiger partial charge >= 0.3 is 0 Å². The van der Waals surface area contributed by atoms with E-state index in [0.29, 0.717) is 30.6 Å². The van der Waals surface area contributed by atoms with Crippen LogP contribution in [0.5, 0.6) is 11.5 Å². The van der Waals surface area contributed by atoms with E-state index in [4.69, 9.17) is 9.47 Å². The van der Waals surface area contributed by atoms with Gasteiger partial charge in [0.1, 0.15) is 13.2 Å². The smallest absolute Gasteiger partial charge is 0.266 e. The fourth-order valence-corrected chi connectivity index (χ4v) is 3.48. The second-order valence-corrected chi connectivity index (χ2v) is 7.98. The third-order valence-corrected chi connectivity index (χ3v) is 5.74. The fourth-order valence-electron chi connectivity index (χ4n) is 2.64. The number of benzene rings is 2. The summed E-state index contributed by atoms with van der Waals surface area (Å²) in [5.41, 5.74) is 3.54. The maximum atomic E-state index is 12.4. The summed E-state index contributed by atoms with van der Waals surface area (Å²) in [5.74, 6) is 0.772. The first kappa shape index (κ1) is 19.2. The molecule has 8 heteroatoms. The largest absolute Gasteiger partial charge is 0.486 e. The summed E-state index contributed by atoms with van der Waals surface area (Å²) in [6.45, 7) is 5.01. The molecule has 1 aliphatic heterocycles. The fraction of sp³-hybridized carbons (Fsp3) is 0.316. The number of carbonyl (C=O) groups excluding carboxylic acids is 1. The van der Waals surface area contributed by atoms with E-state index in [0.717, 1.165) is 12.0 Å². The Bertz CT molecular complexity index is 926. The molecule has 0 spiro atoms. The maximum Gasteiger partial charge on any atom is 0.266 e. The molecule has 3 rings (SSSR count). The van der Waals surface area contributed by atoms with Crippen molar-refractivity contribution >= 4 is 15.9 Å². The van der Waals surface area contributed by atoms with Crippen LogP contribution in [0.1, 0.15) is 42.1 Å². The number of carbonyl (C=O) groups is 1. The van der Waals surface area contributed by atoms with Crippen molar-refractivity contribution in [3.63, 3.8) is 0 Å². The minimum Gasteiger partial charge on any atom is -0.486 e. The van der Waals surface area contributed by atoms with Gasteiger partial charge < -0.3 is 9.47 Å². The number of rotatable bonds is 6. The minimum atomic E-state index is -3.87. The summed E-state index contributed by atoms with van der Waals surface area (Å²) in [7, 11) is -3.87. The van der Waals surface area contributed by atoms with Crippen molar-refractivity contribution < 1.29 is 22.7 Å². The van der Waals surface area contributed by atoms with Gasteiger partial charge in [-0.25, -0.2) is 8.42 Å². The summed E-state index contributed by atoms with van der Waals surface area (Å²) >= 11 is 0. The number of sulfonamides is 1. The molecule has 27 heavy (non-hydrogen) atoms. The molecule has 0 bridgehead atoms. The standard InChI is InChI=1S/C19H22N2O5S/c1-3-13(2)14-4-7-16(8-5-14)27(23,24)21-20-19(22)15-6-9-17-18(12-15)26-11-10-25-17/h4-9,12-13,21H,3,10-11H2,1-2H3,(H,20,22). The highest BCUT2D eigenvalue weighted by Gasteiger charge is 2.18. The SMILES string of the molecule is CCC(C)c1ccc(S(=O)(=O)NNC(=O)c2ccc3c(c2)OCCO3)cc1. The second kappa shape index (κ2) is 7.98. The Morgan fingerprint density at radius 1 is 1.07 bits per heavy atom. The monoisotopic (exact) mass is 390 g/mol. The maximum absolute atomic E-state index is 12.4. The van der Waals surface area contributed by atoms with Crippen molar-refractivity contribution in [1.82, 2.24) is 10.3 Å². The van der Waals surface area contributed by atoms with Gasteiger partial charge in [0, 0.05) is 5.56 Å². The lowest BCUT2D eigenvalue weighted by Gasteiger charge is -2.18. The van der Waals surface area contributed by atoms with E-state index in [1.54, 1.807) is 18.2 Å². The molecule has 0 saturated carbocycles. The van der Waals surface area contributed by atoms with Crippen LogP contribution in [0.2, 0.25) is 0 Å². The van der Waals surface area contributed by atoms with Crippen molar-refractivity contribution in [3.8, 4) is 11.5 Å². The molecule has 144 valence electrons. The molecule has 0 aromatic heterocycles. The highest BCUT2D eigenvalue weighted by Crippen LogP contribution is 2.30. The van der Waals surface area contributed by atoms with Gasteiger partial charge in [0.15, 0.2) is 11.5 Å². The highest BCUT2D eigenvalue weighted by atomic mass is 32.2. The van der Waals surface area contributed by atoms with E-state index < -0.39 is 15.9 Å². The number of hydrogen-bond donors (Lipinski definition) is 2. The van der Waals surface area contributed by atoms with Gasteiger partial charge in [-0.3, -0.25) is 10.2 Å². The molecule has 0 radical (unpaired) electrons. The molecule has 0 saturated heterocycles. The van der Waals surface area contributed by atoms with Crippen LogP contribution in [0.15, 0.2) is 47.4 Å². The lowest BCUT2D eigenvalue weighted by molar-refractivity contribution is 0.0944. The van der Waals surface area contributed by atoms with Gasteiger partial charge in [0.2, 0.25) is 0 Å². The number of nitrogens with one attached hydrogen (secondary N) is 2. The number of hydrazine groups is 1. The van der Waals surface area contributed by atoms with Crippen LogP contribution >= 0.6 is 0 Å². The molecule has 1 unspecified atom stereocenters. The van der Waals surface area contributed by atoms with Gasteiger partial charge in [-0.2, -0.15) is 0 Å². The summed E-state index contributed by atoms with van der Waals surface area (Å²) in [4.78, 5) is 14.5. The third kappa shape index (κ3) is 4.40. The van der Waals surface area contributed by atoms with Gasteiger partial charge in [0.05, 0.1) is 4.90 Å². The summed E-state index contributed by atoms with van der Waals surface area (Å²) in [5, 5.41) is 0. The number of fused-ring (bicyclic) bond motifs is 1. The van der Waals surface area contributed by atoms with E-state index in [-0.39, 0.29) is 10.5 Å². The molecule has 0 aliphatic carbocycles. The Hall–Kier alpha value is -2.58. The molecule has 2 aromatic rings. The molecular weight excluding hydrogens is 368 g/mol. The molecule has 1 atom stereocenters. The molecule has 1 amide bonds. The van der Waals surface area contributed by atoms with Crippen LogP contribution < -0.4 is 19.7 Å². The van der Waals surface area contributed by atoms with Crippen LogP contribution in [0.3, 0.4) is 0 Å². The first-order chi connectivity index (χ1) is 12.9. The number of hydrogen-bond acceptors (Lipinski definition) is 5. The van der Waals surface area contributed by atoms with Crippen molar-refractivity contribution in [2.24, 2.45) is 0 Å². The molecule has 1 heterocycles. The zero-order chi connectivity index (χ0) is 19.4. The summed E-state index contributed by atoms with van der Waals surface area (Å²) < 4.78 is 35.6. The van der Waals surface area contributed by atoms with Crippen molar-refractivity contribution in [2.75, 3.05) is 13.2 Å². The van der Waals surface area contributed by atoms with Crippen LogP contribution in [-0.2, 0) is 10.0 Å². The average molecular weight is 390 g/mol. The predicted molar refractivity (Wildman–Crippen MR) is 100 cm³/mol. The van der Waals surface area contributed by atoms with Gasteiger partial charge in [-0.15, -0.1) is 4.83 Å². The molecule has 2 N–H and O–H groups in total. The molecule has 1 aliphatic rings. The highest BCUT2D eigenvalue weighted by molar-refractivity contribution is 7.89. The summed E-state index contributed by atoms with van der Waals surface area (Å²) in [6.07, 6.45) is 0.968. The van der Waals surface area contributed by atoms with Crippen LogP contribution in [-0.4, -0.2) is 27.5 Å². The molecule has 2 aromatic carbocycles. The normalized spacial score (nSPS) is 14.4. The Morgan fingerprint density at radius 3 is 2.41 bits per heavy atom. The second-order valence-electron chi connectivity index (χ2n) is 6.30. The quantitative estimate of drug-likeness (QED) is 0.740. The lowest BCUT2D eigenvalue weighted by Crippen LogP contribution is -2.41. The van der Waals surface area contributed by atoms with Gasteiger partial charge in [-0.05, 0) is 48.2 Å². The predicted octanol–water partition coefficient (Wildman–Crippen LogP) is 2.59. The molecular formula is C19H22N2O5S. The Labute approximate surface area is 158 Å². The number of ether oxygens (including phenoxy) is 2.